The van der Waals surface area contributed by atoms with Crippen LogP contribution in [0.1, 0.15) is 52.9 Å². The van der Waals surface area contributed by atoms with Crippen molar-refractivity contribution in [2.75, 3.05) is 6.26 Å². The van der Waals surface area contributed by atoms with Crippen LogP contribution in [0.15, 0.2) is 27.9 Å². The van der Waals surface area contributed by atoms with E-state index in [-0.39, 0.29) is 0 Å². The van der Waals surface area contributed by atoms with Crippen molar-refractivity contribution >= 4 is 33.8 Å². The summed E-state index contributed by atoms with van der Waals surface area (Å²) in [5.74, 6) is -0.305. The van der Waals surface area contributed by atoms with Crippen molar-refractivity contribution in [2.24, 2.45) is 17.1 Å². The molecule has 1 saturated carbocycles. The van der Waals surface area contributed by atoms with Crippen molar-refractivity contribution in [3.05, 3.63) is 28.7 Å². The number of fused-ring (bicyclic) bond motifs is 1. The third-order valence-electron chi connectivity index (χ3n) is 6.02. The molecule has 170 valence electrons. The van der Waals surface area contributed by atoms with Gasteiger partial charge in [0.2, 0.25) is 5.91 Å². The van der Waals surface area contributed by atoms with Crippen LogP contribution in [-0.4, -0.2) is 37.6 Å². The van der Waals surface area contributed by atoms with Crippen molar-refractivity contribution in [3.63, 3.8) is 0 Å². The Balaban J connectivity index is 2.09. The second-order valence-corrected chi connectivity index (χ2v) is 10.9. The smallest absolute Gasteiger partial charge is 0.337 e. The van der Waals surface area contributed by atoms with E-state index >= 15 is 0 Å². The van der Waals surface area contributed by atoms with Crippen molar-refractivity contribution < 1.29 is 13.8 Å². The molecule has 0 aliphatic heterocycles. The van der Waals surface area contributed by atoms with Gasteiger partial charge < -0.3 is 11.1 Å². The van der Waals surface area contributed by atoms with Gasteiger partial charge in [0, 0.05) is 28.5 Å². The van der Waals surface area contributed by atoms with Gasteiger partial charge >= 0.3 is 11.7 Å². The average Bonchev–Trinajstić information content (AvgIpc) is 2.96. The Morgan fingerprint density at radius 3 is 2.39 bits per heavy atom. The minimum absolute atomic E-state index is 0.359. The molecule has 1 heterocycles. The van der Waals surface area contributed by atoms with Crippen molar-refractivity contribution in [1.82, 2.24) is 14.5 Å². The molecule has 0 radical (unpaired) electrons. The lowest BCUT2D eigenvalue weighted by atomic mass is 9.86. The van der Waals surface area contributed by atoms with E-state index in [2.05, 4.69) is 5.32 Å². The maximum absolute atomic E-state index is 13.4. The number of benzene rings is 1. The van der Waals surface area contributed by atoms with Gasteiger partial charge in [-0.25, -0.2) is 14.2 Å². The minimum atomic E-state index is -1.22. The SMILES string of the molecule is CS(=O)c1ccc2c(c1)n(CC1CCCCC1)c(=O)n2C(=O)N[C@H](C(N)=O)C(C)(C)C. The van der Waals surface area contributed by atoms with Crippen LogP contribution in [-0.2, 0) is 22.1 Å². The van der Waals surface area contributed by atoms with Gasteiger partial charge in [-0.15, -0.1) is 0 Å². The molecule has 0 bridgehead atoms. The number of hydrogen-bond donors (Lipinski definition) is 2. The van der Waals surface area contributed by atoms with Crippen LogP contribution in [0, 0.1) is 11.3 Å². The van der Waals surface area contributed by atoms with E-state index in [4.69, 9.17) is 5.73 Å². The van der Waals surface area contributed by atoms with Gasteiger partial charge in [0.1, 0.15) is 6.04 Å². The number of carbonyl (C=O) groups excluding carboxylic acids is 2. The van der Waals surface area contributed by atoms with Gasteiger partial charge in [-0.2, -0.15) is 0 Å². The summed E-state index contributed by atoms with van der Waals surface area (Å²) in [4.78, 5) is 39.0. The molecule has 2 aromatic rings. The quantitative estimate of drug-likeness (QED) is 0.731. The summed E-state index contributed by atoms with van der Waals surface area (Å²) in [5.41, 5.74) is 5.42. The minimum Gasteiger partial charge on any atom is -0.368 e. The number of nitrogens with two attached hydrogens (primary N) is 1. The molecule has 31 heavy (non-hydrogen) atoms. The van der Waals surface area contributed by atoms with E-state index in [1.165, 1.54) is 6.42 Å². The normalized spacial score (nSPS) is 17.4. The summed E-state index contributed by atoms with van der Waals surface area (Å²) in [7, 11) is -1.22. The molecule has 2 amide bonds. The average molecular weight is 449 g/mol. The monoisotopic (exact) mass is 448 g/mol. The zero-order valence-electron chi connectivity index (χ0n) is 18.6. The highest BCUT2D eigenvalue weighted by Gasteiger charge is 2.33. The zero-order valence-corrected chi connectivity index (χ0v) is 19.5. The lowest BCUT2D eigenvalue weighted by Crippen LogP contribution is -2.54. The Bertz CT molecular complexity index is 1070. The van der Waals surface area contributed by atoms with Gasteiger partial charge in [0.15, 0.2) is 0 Å². The number of primary amides is 1. The number of hydrogen-bond acceptors (Lipinski definition) is 4. The Morgan fingerprint density at radius 2 is 1.84 bits per heavy atom. The largest absolute Gasteiger partial charge is 0.368 e. The standard InChI is InChI=1S/C22H32N4O4S/c1-22(2,3)18(19(23)27)24-20(28)26-16-11-10-15(31(4)30)12-17(16)25(21(26)29)13-14-8-6-5-7-9-14/h10-12,14,18H,5-9,13H2,1-4H3,(H2,23,27)(H,24,28)/t18-,31?/m1/s1. The fourth-order valence-corrected chi connectivity index (χ4v) is 4.85. The first-order chi connectivity index (χ1) is 14.5. The molecule has 3 rings (SSSR count). The van der Waals surface area contributed by atoms with Crippen LogP contribution in [0.2, 0.25) is 0 Å². The highest BCUT2D eigenvalue weighted by atomic mass is 32.2. The predicted molar refractivity (Wildman–Crippen MR) is 121 cm³/mol. The first kappa shape index (κ1) is 23.2. The first-order valence-corrected chi connectivity index (χ1v) is 12.3. The van der Waals surface area contributed by atoms with E-state index in [0.717, 1.165) is 30.3 Å². The molecule has 3 N–H and O–H groups in total. The summed E-state index contributed by atoms with van der Waals surface area (Å²) >= 11 is 0. The summed E-state index contributed by atoms with van der Waals surface area (Å²) in [6.45, 7) is 5.88. The van der Waals surface area contributed by atoms with Crippen LogP contribution >= 0.6 is 0 Å². The zero-order chi connectivity index (χ0) is 22.9. The second-order valence-electron chi connectivity index (χ2n) is 9.49. The van der Waals surface area contributed by atoms with Crippen molar-refractivity contribution in [2.45, 2.75) is 70.4 Å². The van der Waals surface area contributed by atoms with E-state index in [1.807, 2.05) is 0 Å². The molecule has 1 aliphatic rings. The second kappa shape index (κ2) is 8.98. The highest BCUT2D eigenvalue weighted by Crippen LogP contribution is 2.27. The molecule has 1 aromatic heterocycles. The maximum Gasteiger partial charge on any atom is 0.337 e. The number of imidazole rings is 1. The van der Waals surface area contributed by atoms with E-state index in [9.17, 15) is 18.6 Å². The van der Waals surface area contributed by atoms with Crippen LogP contribution in [0.25, 0.3) is 11.0 Å². The molecule has 1 aromatic carbocycles. The van der Waals surface area contributed by atoms with Crippen LogP contribution in [0.3, 0.4) is 0 Å². The van der Waals surface area contributed by atoms with Crippen LogP contribution < -0.4 is 16.7 Å². The molecule has 8 nitrogen and oxygen atoms in total. The van der Waals surface area contributed by atoms with Crippen molar-refractivity contribution in [3.8, 4) is 0 Å². The summed E-state index contributed by atoms with van der Waals surface area (Å²) in [6.07, 6.45) is 7.13. The summed E-state index contributed by atoms with van der Waals surface area (Å²) < 4.78 is 14.7. The third-order valence-corrected chi connectivity index (χ3v) is 6.94. The number of amides is 2. The Hall–Kier alpha value is -2.42. The molecular formula is C22H32N4O4S. The number of nitrogens with zero attached hydrogens (tertiary/aromatic N) is 2. The number of rotatable bonds is 5. The molecule has 0 spiro atoms. The summed E-state index contributed by atoms with van der Waals surface area (Å²) in [5, 5.41) is 2.64. The topological polar surface area (TPSA) is 116 Å². The molecule has 9 heteroatoms. The number of carbonyl (C=O) groups is 2. The van der Waals surface area contributed by atoms with E-state index in [0.29, 0.717) is 28.4 Å². The van der Waals surface area contributed by atoms with Crippen LogP contribution in [0.5, 0.6) is 0 Å². The van der Waals surface area contributed by atoms with Gasteiger partial charge in [0.05, 0.1) is 11.0 Å². The van der Waals surface area contributed by atoms with Gasteiger partial charge in [0.25, 0.3) is 0 Å². The van der Waals surface area contributed by atoms with Gasteiger partial charge in [-0.3, -0.25) is 13.6 Å². The van der Waals surface area contributed by atoms with Crippen LogP contribution in [0.4, 0.5) is 4.79 Å². The Labute approximate surface area is 184 Å². The predicted octanol–water partition coefficient (Wildman–Crippen LogP) is 2.58. The first-order valence-electron chi connectivity index (χ1n) is 10.7. The number of nitrogens with one attached hydrogen (secondary N) is 1. The molecule has 0 saturated heterocycles. The highest BCUT2D eigenvalue weighted by molar-refractivity contribution is 7.84. The molecule has 1 aliphatic carbocycles. The van der Waals surface area contributed by atoms with E-state index in [1.54, 1.807) is 49.8 Å². The Morgan fingerprint density at radius 1 is 1.19 bits per heavy atom. The lowest BCUT2D eigenvalue weighted by molar-refractivity contribution is -0.122. The number of aromatic nitrogens is 2. The Kier molecular flexibility index (Phi) is 6.73. The van der Waals surface area contributed by atoms with E-state index < -0.39 is 39.9 Å². The van der Waals surface area contributed by atoms with Gasteiger partial charge in [-0.05, 0) is 42.4 Å². The summed E-state index contributed by atoms with van der Waals surface area (Å²) in [6, 6.07) is 3.38. The molecular weight excluding hydrogens is 416 g/mol. The molecule has 2 atom stereocenters. The van der Waals surface area contributed by atoms with Gasteiger partial charge in [-0.1, -0.05) is 40.0 Å². The fraction of sp³-hybridized carbons (Fsp3) is 0.591. The fourth-order valence-electron chi connectivity index (χ4n) is 4.32. The third kappa shape index (κ3) is 4.92. The molecule has 1 fully saturated rings. The molecule has 1 unspecified atom stereocenters. The van der Waals surface area contributed by atoms with Crippen molar-refractivity contribution in [1.29, 1.82) is 0 Å². The maximum atomic E-state index is 13.4. The lowest BCUT2D eigenvalue weighted by Gasteiger charge is -2.28.